The molecule has 134 valence electrons. The van der Waals surface area contributed by atoms with Gasteiger partial charge in [0.1, 0.15) is 5.75 Å². The van der Waals surface area contributed by atoms with Gasteiger partial charge in [0.2, 0.25) is 0 Å². The zero-order chi connectivity index (χ0) is 18.4. The topological polar surface area (TPSA) is 78.8 Å². The van der Waals surface area contributed by atoms with Crippen molar-refractivity contribution in [1.29, 1.82) is 0 Å². The zero-order valence-corrected chi connectivity index (χ0v) is 14.9. The average molecular weight is 343 g/mol. The fourth-order valence-electron chi connectivity index (χ4n) is 2.80. The van der Waals surface area contributed by atoms with E-state index in [1.54, 1.807) is 19.2 Å². The molecule has 0 aliphatic heterocycles. The Morgan fingerprint density at radius 3 is 2.24 bits per heavy atom. The molecule has 0 saturated carbocycles. The van der Waals surface area contributed by atoms with Crippen LogP contribution in [0, 0.1) is 13.8 Å². The molecule has 5 nitrogen and oxygen atoms in total. The molecule has 0 heterocycles. The number of nitrogens with one attached hydrogen (secondary N) is 1. The van der Waals surface area contributed by atoms with Crippen LogP contribution in [-0.4, -0.2) is 42.5 Å². The van der Waals surface area contributed by atoms with Crippen molar-refractivity contribution in [1.82, 2.24) is 5.32 Å². The molecule has 25 heavy (non-hydrogen) atoms. The minimum Gasteiger partial charge on any atom is -0.496 e. The first-order valence-corrected chi connectivity index (χ1v) is 8.29. The van der Waals surface area contributed by atoms with E-state index in [-0.39, 0.29) is 12.5 Å². The van der Waals surface area contributed by atoms with Gasteiger partial charge in [-0.2, -0.15) is 0 Å². The normalized spacial score (nSPS) is 11.9. The Kier molecular flexibility index (Phi) is 6.56. The van der Waals surface area contributed by atoms with Crippen molar-refractivity contribution in [2.24, 2.45) is 0 Å². The lowest BCUT2D eigenvalue weighted by molar-refractivity contribution is 0.0834. The highest BCUT2D eigenvalue weighted by Crippen LogP contribution is 2.30. The van der Waals surface area contributed by atoms with Crippen LogP contribution in [0.3, 0.4) is 0 Å². The van der Waals surface area contributed by atoms with Crippen LogP contribution in [0.5, 0.6) is 5.75 Å². The molecule has 0 radical (unpaired) electrons. The van der Waals surface area contributed by atoms with Crippen LogP contribution < -0.4 is 10.1 Å². The minimum absolute atomic E-state index is 0.196. The van der Waals surface area contributed by atoms with Crippen LogP contribution in [-0.2, 0) is 0 Å². The van der Waals surface area contributed by atoms with Crippen LogP contribution in [0.15, 0.2) is 36.4 Å². The number of rotatable bonds is 7. The van der Waals surface area contributed by atoms with E-state index < -0.39 is 6.10 Å². The van der Waals surface area contributed by atoms with Gasteiger partial charge in [0.15, 0.2) is 0 Å². The SMILES string of the molecule is COc1c(C)cc(-c2ccc(C(=O)NCCC(O)CO)cc2)cc1C. The maximum absolute atomic E-state index is 12.1. The molecule has 5 heteroatoms. The number of hydrogen-bond acceptors (Lipinski definition) is 4. The van der Waals surface area contributed by atoms with Gasteiger partial charge in [-0.3, -0.25) is 4.79 Å². The first-order valence-electron chi connectivity index (χ1n) is 8.29. The Morgan fingerprint density at radius 2 is 1.72 bits per heavy atom. The Bertz CT molecular complexity index is 702. The maximum Gasteiger partial charge on any atom is 0.251 e. The van der Waals surface area contributed by atoms with E-state index in [0.29, 0.717) is 18.5 Å². The molecule has 2 aromatic carbocycles. The molecule has 0 aliphatic rings. The lowest BCUT2D eigenvalue weighted by Crippen LogP contribution is -2.28. The fraction of sp³-hybridized carbons (Fsp3) is 0.350. The number of carbonyl (C=O) groups is 1. The van der Waals surface area contributed by atoms with Gasteiger partial charge >= 0.3 is 0 Å². The monoisotopic (exact) mass is 343 g/mol. The lowest BCUT2D eigenvalue weighted by atomic mass is 9.98. The summed E-state index contributed by atoms with van der Waals surface area (Å²) in [5, 5.41) is 20.8. The minimum atomic E-state index is -0.802. The standard InChI is InChI=1S/C20H25NO4/c1-13-10-17(11-14(2)19(13)25-3)15-4-6-16(7-5-15)20(24)21-9-8-18(23)12-22/h4-7,10-11,18,22-23H,8-9,12H2,1-3H3,(H,21,24). The molecular formula is C20H25NO4. The molecule has 0 fully saturated rings. The first kappa shape index (κ1) is 19.0. The predicted molar refractivity (Wildman–Crippen MR) is 97.9 cm³/mol. The molecule has 1 atom stereocenters. The summed E-state index contributed by atoms with van der Waals surface area (Å²) in [7, 11) is 1.67. The van der Waals surface area contributed by atoms with Gasteiger partial charge in [0.25, 0.3) is 5.91 Å². The summed E-state index contributed by atoms with van der Waals surface area (Å²) in [5.74, 6) is 0.698. The van der Waals surface area contributed by atoms with Crippen LogP contribution in [0.25, 0.3) is 11.1 Å². The highest BCUT2D eigenvalue weighted by Gasteiger charge is 2.09. The van der Waals surface area contributed by atoms with Crippen molar-refractivity contribution in [3.05, 3.63) is 53.1 Å². The van der Waals surface area contributed by atoms with Gasteiger partial charge in [-0.25, -0.2) is 0 Å². The molecule has 1 amide bonds. The second-order valence-corrected chi connectivity index (χ2v) is 6.10. The highest BCUT2D eigenvalue weighted by atomic mass is 16.5. The second kappa shape index (κ2) is 8.65. The third-order valence-corrected chi connectivity index (χ3v) is 4.12. The van der Waals surface area contributed by atoms with Crippen molar-refractivity contribution in [2.75, 3.05) is 20.3 Å². The zero-order valence-electron chi connectivity index (χ0n) is 14.9. The second-order valence-electron chi connectivity index (χ2n) is 6.10. The number of benzene rings is 2. The van der Waals surface area contributed by atoms with Gasteiger partial charge in [0, 0.05) is 12.1 Å². The number of aryl methyl sites for hydroxylation is 2. The number of aliphatic hydroxyl groups is 2. The van der Waals surface area contributed by atoms with E-state index >= 15 is 0 Å². The quantitative estimate of drug-likeness (QED) is 0.721. The number of hydrogen-bond donors (Lipinski definition) is 3. The Labute approximate surface area is 148 Å². The first-order chi connectivity index (χ1) is 12.0. The molecule has 3 N–H and O–H groups in total. The largest absolute Gasteiger partial charge is 0.496 e. The third kappa shape index (κ3) is 4.81. The van der Waals surface area contributed by atoms with Gasteiger partial charge in [-0.15, -0.1) is 0 Å². The molecular weight excluding hydrogens is 318 g/mol. The number of carbonyl (C=O) groups excluding carboxylic acids is 1. The Hall–Kier alpha value is -2.37. The molecule has 0 saturated heterocycles. The van der Waals surface area contributed by atoms with Crippen molar-refractivity contribution in [3.63, 3.8) is 0 Å². The maximum atomic E-state index is 12.1. The van der Waals surface area contributed by atoms with E-state index in [1.807, 2.05) is 26.0 Å². The van der Waals surface area contributed by atoms with E-state index in [0.717, 1.165) is 28.0 Å². The molecule has 2 aromatic rings. The molecule has 0 bridgehead atoms. The van der Waals surface area contributed by atoms with E-state index in [2.05, 4.69) is 17.4 Å². The summed E-state index contributed by atoms with van der Waals surface area (Å²) in [6, 6.07) is 11.5. The number of amides is 1. The average Bonchev–Trinajstić information content (AvgIpc) is 2.61. The summed E-state index contributed by atoms with van der Waals surface area (Å²) in [5.41, 5.74) is 4.81. The fourth-order valence-corrected chi connectivity index (χ4v) is 2.80. The Morgan fingerprint density at radius 1 is 1.12 bits per heavy atom. The summed E-state index contributed by atoms with van der Waals surface area (Å²) in [6.07, 6.45) is -0.478. The van der Waals surface area contributed by atoms with Gasteiger partial charge in [-0.1, -0.05) is 12.1 Å². The van der Waals surface area contributed by atoms with E-state index in [4.69, 9.17) is 9.84 Å². The van der Waals surface area contributed by atoms with Gasteiger partial charge < -0.3 is 20.3 Å². The van der Waals surface area contributed by atoms with E-state index in [1.165, 1.54) is 0 Å². The summed E-state index contributed by atoms with van der Waals surface area (Å²) in [4.78, 5) is 12.1. The van der Waals surface area contributed by atoms with Gasteiger partial charge in [-0.05, 0) is 66.8 Å². The molecule has 2 rings (SSSR count). The molecule has 0 aromatic heterocycles. The van der Waals surface area contributed by atoms with Crippen LogP contribution in [0.2, 0.25) is 0 Å². The number of ether oxygens (including phenoxy) is 1. The van der Waals surface area contributed by atoms with Gasteiger partial charge in [0.05, 0.1) is 19.8 Å². The van der Waals surface area contributed by atoms with Crippen molar-refractivity contribution in [2.45, 2.75) is 26.4 Å². The van der Waals surface area contributed by atoms with Crippen LogP contribution in [0.4, 0.5) is 0 Å². The molecule has 1 unspecified atom stereocenters. The van der Waals surface area contributed by atoms with Crippen LogP contribution in [0.1, 0.15) is 27.9 Å². The summed E-state index contributed by atoms with van der Waals surface area (Å²) in [6.45, 7) is 4.04. The molecule has 0 spiro atoms. The highest BCUT2D eigenvalue weighted by molar-refractivity contribution is 5.94. The Balaban J connectivity index is 2.08. The van der Waals surface area contributed by atoms with E-state index in [9.17, 15) is 9.90 Å². The smallest absolute Gasteiger partial charge is 0.251 e. The van der Waals surface area contributed by atoms with Crippen molar-refractivity contribution < 1.29 is 19.7 Å². The van der Waals surface area contributed by atoms with Crippen molar-refractivity contribution in [3.8, 4) is 16.9 Å². The number of aliphatic hydroxyl groups excluding tert-OH is 2. The lowest BCUT2D eigenvalue weighted by Gasteiger charge is -2.12. The number of methoxy groups -OCH3 is 1. The molecule has 0 aliphatic carbocycles. The summed E-state index contributed by atoms with van der Waals surface area (Å²) >= 11 is 0. The van der Waals surface area contributed by atoms with Crippen molar-refractivity contribution >= 4 is 5.91 Å². The van der Waals surface area contributed by atoms with Crippen LogP contribution >= 0.6 is 0 Å². The third-order valence-electron chi connectivity index (χ3n) is 4.12. The predicted octanol–water partition coefficient (Wildman–Crippen LogP) is 2.45. The summed E-state index contributed by atoms with van der Waals surface area (Å²) < 4.78 is 5.39.